The molecular formula is C18H33N5O3. The van der Waals surface area contributed by atoms with Crippen molar-refractivity contribution in [3.05, 3.63) is 0 Å². The summed E-state index contributed by atoms with van der Waals surface area (Å²) in [5.74, 6) is -0.0253. The number of likely N-dealkylation sites (tertiary alicyclic amines) is 2. The number of ether oxygens (including phenoxy) is 1. The van der Waals surface area contributed by atoms with Crippen molar-refractivity contribution in [2.45, 2.75) is 37.3 Å². The van der Waals surface area contributed by atoms with E-state index in [4.69, 9.17) is 10.5 Å². The summed E-state index contributed by atoms with van der Waals surface area (Å²) in [6, 6.07) is 0.649. The number of likely N-dealkylation sites (N-methyl/N-ethyl adjacent to an activating group) is 1. The highest BCUT2D eigenvalue weighted by Gasteiger charge is 2.47. The number of piperidine rings is 1. The quantitative estimate of drug-likeness (QED) is 0.699. The molecule has 1 unspecified atom stereocenters. The Balaban J connectivity index is 1.41. The summed E-state index contributed by atoms with van der Waals surface area (Å²) < 4.78 is 5.73. The molecule has 3 saturated heterocycles. The molecule has 1 atom stereocenters. The third-order valence-corrected chi connectivity index (χ3v) is 6.12. The summed E-state index contributed by atoms with van der Waals surface area (Å²) in [7, 11) is 4.28. The van der Waals surface area contributed by atoms with Crippen LogP contribution >= 0.6 is 0 Å². The largest absolute Gasteiger partial charge is 0.441 e. The Morgan fingerprint density at radius 3 is 2.62 bits per heavy atom. The Labute approximate surface area is 156 Å². The number of rotatable bonds is 6. The molecule has 2 N–H and O–H groups in total. The molecule has 3 heterocycles. The summed E-state index contributed by atoms with van der Waals surface area (Å²) in [6.45, 7) is 5.97. The van der Waals surface area contributed by atoms with Gasteiger partial charge in [-0.05, 0) is 40.0 Å². The van der Waals surface area contributed by atoms with Gasteiger partial charge in [-0.15, -0.1) is 0 Å². The van der Waals surface area contributed by atoms with E-state index in [2.05, 4.69) is 23.9 Å². The van der Waals surface area contributed by atoms with Gasteiger partial charge in [0.05, 0.1) is 13.1 Å². The average Bonchev–Trinajstić information content (AvgIpc) is 3.21. The summed E-state index contributed by atoms with van der Waals surface area (Å²) in [5.41, 5.74) is 5.02. The molecular weight excluding hydrogens is 334 g/mol. The molecule has 3 aliphatic rings. The van der Waals surface area contributed by atoms with Gasteiger partial charge in [0.1, 0.15) is 5.60 Å². The number of carbonyl (C=O) groups excluding carboxylic acids is 2. The highest BCUT2D eigenvalue weighted by Crippen LogP contribution is 2.33. The van der Waals surface area contributed by atoms with Crippen LogP contribution in [0.3, 0.4) is 0 Å². The Hall–Kier alpha value is -1.38. The minimum Gasteiger partial charge on any atom is -0.441 e. The first-order valence-corrected chi connectivity index (χ1v) is 9.77. The van der Waals surface area contributed by atoms with E-state index < -0.39 is 5.60 Å². The molecule has 8 heteroatoms. The maximum absolute atomic E-state index is 12.3. The lowest BCUT2D eigenvalue weighted by Gasteiger charge is -2.37. The highest BCUT2D eigenvalue weighted by molar-refractivity contribution is 5.78. The molecule has 0 aliphatic carbocycles. The molecule has 0 aromatic carbocycles. The second-order valence-corrected chi connectivity index (χ2v) is 8.12. The monoisotopic (exact) mass is 367 g/mol. The zero-order valence-electron chi connectivity index (χ0n) is 16.2. The van der Waals surface area contributed by atoms with Crippen molar-refractivity contribution in [1.29, 1.82) is 0 Å². The third-order valence-electron chi connectivity index (χ3n) is 6.12. The smallest absolute Gasteiger partial charge is 0.410 e. The molecule has 0 radical (unpaired) electrons. The van der Waals surface area contributed by atoms with Crippen molar-refractivity contribution in [2.75, 3.05) is 66.5 Å². The Bertz CT molecular complexity index is 519. The fourth-order valence-corrected chi connectivity index (χ4v) is 4.34. The first-order chi connectivity index (χ1) is 12.4. The van der Waals surface area contributed by atoms with E-state index in [1.54, 1.807) is 4.90 Å². The van der Waals surface area contributed by atoms with Crippen molar-refractivity contribution < 1.29 is 14.3 Å². The van der Waals surface area contributed by atoms with Crippen LogP contribution in [0.15, 0.2) is 0 Å². The first-order valence-electron chi connectivity index (χ1n) is 9.77. The summed E-state index contributed by atoms with van der Waals surface area (Å²) in [6.07, 6.45) is 3.41. The molecule has 0 saturated carbocycles. The van der Waals surface area contributed by atoms with E-state index in [-0.39, 0.29) is 18.5 Å². The Kier molecular flexibility index (Phi) is 6.04. The number of nitrogens with two attached hydrogens (primary N) is 1. The van der Waals surface area contributed by atoms with Gasteiger partial charge in [0.25, 0.3) is 0 Å². The normalized spacial score (nSPS) is 26.2. The second kappa shape index (κ2) is 8.10. The first kappa shape index (κ1) is 19.4. The highest BCUT2D eigenvalue weighted by atomic mass is 16.6. The Morgan fingerprint density at radius 2 is 2.00 bits per heavy atom. The predicted molar refractivity (Wildman–Crippen MR) is 98.8 cm³/mol. The van der Waals surface area contributed by atoms with E-state index >= 15 is 0 Å². The topological polar surface area (TPSA) is 82.3 Å². The molecule has 3 rings (SSSR count). The SMILES string of the molecule is CN(C)C1CCN(CCCN2CC3(CCN(C(=O)CN)CC3)OC2=O)C1. The van der Waals surface area contributed by atoms with Crippen molar-refractivity contribution in [2.24, 2.45) is 5.73 Å². The van der Waals surface area contributed by atoms with Gasteiger partial charge in [-0.1, -0.05) is 0 Å². The lowest BCUT2D eigenvalue weighted by Crippen LogP contribution is -2.50. The zero-order chi connectivity index (χ0) is 18.7. The predicted octanol–water partition coefficient (Wildman–Crippen LogP) is -0.215. The maximum atomic E-state index is 12.3. The Morgan fingerprint density at radius 1 is 1.27 bits per heavy atom. The molecule has 26 heavy (non-hydrogen) atoms. The average molecular weight is 367 g/mol. The maximum Gasteiger partial charge on any atom is 0.410 e. The van der Waals surface area contributed by atoms with Crippen molar-refractivity contribution in [1.82, 2.24) is 19.6 Å². The van der Waals surface area contributed by atoms with Gasteiger partial charge in [0.2, 0.25) is 5.91 Å². The van der Waals surface area contributed by atoms with E-state index in [0.717, 1.165) is 32.6 Å². The summed E-state index contributed by atoms with van der Waals surface area (Å²) >= 11 is 0. The number of carbonyl (C=O) groups is 2. The number of nitrogens with zero attached hydrogens (tertiary/aromatic N) is 4. The van der Waals surface area contributed by atoms with Gasteiger partial charge in [-0.2, -0.15) is 0 Å². The van der Waals surface area contributed by atoms with Crippen LogP contribution in [-0.2, 0) is 9.53 Å². The molecule has 3 fully saturated rings. The molecule has 0 aromatic heterocycles. The van der Waals surface area contributed by atoms with Crippen LogP contribution in [0.2, 0.25) is 0 Å². The van der Waals surface area contributed by atoms with E-state index in [0.29, 0.717) is 38.5 Å². The van der Waals surface area contributed by atoms with Crippen molar-refractivity contribution in [3.8, 4) is 0 Å². The molecule has 0 aromatic rings. The van der Waals surface area contributed by atoms with Crippen LogP contribution in [0.1, 0.15) is 25.7 Å². The van der Waals surface area contributed by atoms with Crippen LogP contribution in [0.4, 0.5) is 4.79 Å². The van der Waals surface area contributed by atoms with E-state index in [1.807, 2.05) is 4.90 Å². The van der Waals surface area contributed by atoms with E-state index in [1.165, 1.54) is 6.42 Å². The molecule has 3 aliphatic heterocycles. The van der Waals surface area contributed by atoms with Crippen molar-refractivity contribution in [3.63, 3.8) is 0 Å². The standard InChI is InChI=1S/C18H33N5O3/c1-20(2)15-4-9-21(13-15)7-3-8-23-14-18(26-17(23)25)5-10-22(11-6-18)16(24)12-19/h15H,3-14,19H2,1-2H3. The second-order valence-electron chi connectivity index (χ2n) is 8.12. The van der Waals surface area contributed by atoms with Crippen LogP contribution in [0, 0.1) is 0 Å². The van der Waals surface area contributed by atoms with Crippen LogP contribution in [-0.4, -0.2) is 110 Å². The van der Waals surface area contributed by atoms with Gasteiger partial charge in [-0.25, -0.2) is 4.79 Å². The van der Waals surface area contributed by atoms with Gasteiger partial charge in [0, 0.05) is 45.1 Å². The minimum absolute atomic E-state index is 0.0253. The third kappa shape index (κ3) is 4.29. The molecule has 8 nitrogen and oxygen atoms in total. The molecule has 148 valence electrons. The van der Waals surface area contributed by atoms with Crippen LogP contribution in [0.5, 0.6) is 0 Å². The van der Waals surface area contributed by atoms with Gasteiger partial charge in [0.15, 0.2) is 0 Å². The summed E-state index contributed by atoms with van der Waals surface area (Å²) in [4.78, 5) is 32.4. The molecule has 1 spiro atoms. The summed E-state index contributed by atoms with van der Waals surface area (Å²) in [5, 5.41) is 0. The minimum atomic E-state index is -0.411. The lowest BCUT2D eigenvalue weighted by molar-refractivity contribution is -0.133. The van der Waals surface area contributed by atoms with Crippen molar-refractivity contribution >= 4 is 12.0 Å². The number of amides is 2. The van der Waals surface area contributed by atoms with Gasteiger partial charge >= 0.3 is 6.09 Å². The van der Waals surface area contributed by atoms with Gasteiger partial charge in [-0.3, -0.25) is 4.79 Å². The zero-order valence-corrected chi connectivity index (χ0v) is 16.2. The molecule has 2 amide bonds. The number of hydrogen-bond acceptors (Lipinski definition) is 6. The fourth-order valence-electron chi connectivity index (χ4n) is 4.34. The fraction of sp³-hybridized carbons (Fsp3) is 0.889. The number of hydrogen-bond donors (Lipinski definition) is 1. The molecule has 0 bridgehead atoms. The van der Waals surface area contributed by atoms with Gasteiger partial charge < -0.3 is 30.1 Å². The van der Waals surface area contributed by atoms with Crippen LogP contribution < -0.4 is 5.73 Å². The van der Waals surface area contributed by atoms with Crippen LogP contribution in [0.25, 0.3) is 0 Å². The lowest BCUT2D eigenvalue weighted by atomic mass is 9.91. The van der Waals surface area contributed by atoms with E-state index in [9.17, 15) is 9.59 Å².